The maximum absolute atomic E-state index is 14.1. The fraction of sp³-hybridized carbons (Fsp3) is 0.500. The molecule has 0 bridgehead atoms. The van der Waals surface area contributed by atoms with Gasteiger partial charge >= 0.3 is 0 Å². The first-order valence-corrected chi connectivity index (χ1v) is 12.5. The number of nitrogens with zero attached hydrogens (tertiary/aromatic N) is 2. The zero-order chi connectivity index (χ0) is 25.4. The highest BCUT2D eigenvalue weighted by Gasteiger charge is 2.48. The Morgan fingerprint density at radius 2 is 2.08 bits per heavy atom. The summed E-state index contributed by atoms with van der Waals surface area (Å²) in [7, 11) is 0. The van der Waals surface area contributed by atoms with Crippen LogP contribution < -0.4 is 15.5 Å². The molecule has 2 unspecified atom stereocenters. The summed E-state index contributed by atoms with van der Waals surface area (Å²) in [5, 5.41) is 2.59. The Morgan fingerprint density at radius 3 is 2.86 bits per heavy atom. The molecular weight excluding hydrogens is 472 g/mol. The van der Waals surface area contributed by atoms with Crippen LogP contribution in [-0.4, -0.2) is 47.3 Å². The number of rotatable bonds is 7. The number of halogens is 2. The number of hydrogen-bond donors (Lipinski definition) is 1. The third-order valence-electron chi connectivity index (χ3n) is 7.08. The minimum absolute atomic E-state index is 0.0919. The van der Waals surface area contributed by atoms with Crippen LogP contribution in [0.4, 0.5) is 8.78 Å². The third-order valence-corrected chi connectivity index (χ3v) is 7.08. The molecule has 192 valence electrons. The van der Waals surface area contributed by atoms with Gasteiger partial charge in [-0.15, -0.1) is 0 Å². The summed E-state index contributed by atoms with van der Waals surface area (Å²) in [5.41, 5.74) is -0.0239. The normalized spacial score (nSPS) is 20.5. The van der Waals surface area contributed by atoms with Crippen molar-refractivity contribution in [2.75, 3.05) is 19.8 Å². The van der Waals surface area contributed by atoms with Gasteiger partial charge in [-0.25, -0.2) is 8.78 Å². The lowest BCUT2D eigenvalue weighted by molar-refractivity contribution is -0.0685. The number of amides is 2. The van der Waals surface area contributed by atoms with E-state index in [4.69, 9.17) is 9.47 Å². The van der Waals surface area contributed by atoms with Crippen LogP contribution in [0.15, 0.2) is 23.0 Å². The van der Waals surface area contributed by atoms with Crippen molar-refractivity contribution in [2.24, 2.45) is 0 Å². The molecule has 2 amide bonds. The van der Waals surface area contributed by atoms with Gasteiger partial charge in [0.2, 0.25) is 5.43 Å². The third kappa shape index (κ3) is 4.17. The Kier molecular flexibility index (Phi) is 6.79. The van der Waals surface area contributed by atoms with Crippen molar-refractivity contribution in [3.63, 3.8) is 0 Å². The second kappa shape index (κ2) is 10.0. The Labute approximate surface area is 207 Å². The van der Waals surface area contributed by atoms with Crippen LogP contribution in [0.1, 0.15) is 77.2 Å². The molecular formula is C26H29F2N3O5. The lowest BCUT2D eigenvalue weighted by atomic mass is 10.1. The van der Waals surface area contributed by atoms with Crippen molar-refractivity contribution < 1.29 is 27.8 Å². The molecule has 1 saturated heterocycles. The second-order valence-electron chi connectivity index (χ2n) is 9.39. The van der Waals surface area contributed by atoms with E-state index in [0.717, 1.165) is 31.4 Å². The van der Waals surface area contributed by atoms with E-state index >= 15 is 0 Å². The van der Waals surface area contributed by atoms with E-state index in [2.05, 4.69) is 5.32 Å². The minimum atomic E-state index is -0.790. The molecule has 0 spiro atoms. The highest BCUT2D eigenvalue weighted by Crippen LogP contribution is 2.41. The highest BCUT2D eigenvalue weighted by atomic mass is 19.1. The molecule has 36 heavy (non-hydrogen) atoms. The predicted molar refractivity (Wildman–Crippen MR) is 126 cm³/mol. The number of aromatic nitrogens is 1. The topological polar surface area (TPSA) is 89.9 Å². The molecule has 0 radical (unpaired) electrons. The summed E-state index contributed by atoms with van der Waals surface area (Å²) >= 11 is 0. The van der Waals surface area contributed by atoms with Crippen LogP contribution in [0, 0.1) is 11.6 Å². The van der Waals surface area contributed by atoms with Gasteiger partial charge in [0.25, 0.3) is 11.8 Å². The van der Waals surface area contributed by atoms with E-state index in [0.29, 0.717) is 38.1 Å². The minimum Gasteiger partial charge on any atom is -0.487 e. The van der Waals surface area contributed by atoms with Crippen LogP contribution in [0.5, 0.6) is 5.75 Å². The average Bonchev–Trinajstić information content (AvgIpc) is 3.12. The molecule has 1 aromatic heterocycles. The number of fused-ring (bicyclic) bond motifs is 2. The van der Waals surface area contributed by atoms with Gasteiger partial charge in [0, 0.05) is 37.0 Å². The van der Waals surface area contributed by atoms with Crippen molar-refractivity contribution in [1.82, 2.24) is 14.8 Å². The van der Waals surface area contributed by atoms with Crippen LogP contribution in [0.25, 0.3) is 0 Å². The number of unbranched alkanes of at least 4 members (excludes halogenated alkanes) is 1. The number of benzene rings is 1. The van der Waals surface area contributed by atoms with Crippen molar-refractivity contribution in [3.05, 3.63) is 62.6 Å². The molecule has 3 aliphatic rings. The number of ether oxygens (including phenoxy) is 2. The van der Waals surface area contributed by atoms with Crippen molar-refractivity contribution in [1.29, 1.82) is 0 Å². The molecule has 3 aliphatic heterocycles. The van der Waals surface area contributed by atoms with Gasteiger partial charge in [0.15, 0.2) is 17.7 Å². The number of pyridine rings is 1. The summed E-state index contributed by atoms with van der Waals surface area (Å²) in [5.74, 6) is -2.65. The van der Waals surface area contributed by atoms with Crippen LogP contribution in [0.3, 0.4) is 0 Å². The first kappa shape index (κ1) is 24.4. The molecule has 1 N–H and O–H groups in total. The fourth-order valence-electron chi connectivity index (χ4n) is 5.31. The number of carbonyl (C=O) groups excluding carboxylic acids is 2. The number of nitrogens with one attached hydrogen (secondary N) is 1. The second-order valence-corrected chi connectivity index (χ2v) is 9.39. The Bertz CT molecular complexity index is 1260. The molecule has 4 heterocycles. The lowest BCUT2D eigenvalue weighted by Gasteiger charge is -2.40. The van der Waals surface area contributed by atoms with E-state index in [1.165, 1.54) is 6.07 Å². The number of carbonyl (C=O) groups is 2. The molecule has 2 atom stereocenters. The van der Waals surface area contributed by atoms with E-state index in [1.807, 2.05) is 6.92 Å². The van der Waals surface area contributed by atoms with E-state index in [1.54, 1.807) is 9.47 Å². The monoisotopic (exact) mass is 501 g/mol. The zero-order valence-corrected chi connectivity index (χ0v) is 20.1. The molecule has 2 aromatic rings. The van der Waals surface area contributed by atoms with Crippen LogP contribution in [-0.2, 0) is 17.7 Å². The molecule has 10 heteroatoms. The molecule has 0 aliphatic carbocycles. The average molecular weight is 502 g/mol. The number of hydrogen-bond acceptors (Lipinski definition) is 5. The maximum atomic E-state index is 14.1. The quantitative estimate of drug-likeness (QED) is 0.588. The highest BCUT2D eigenvalue weighted by molar-refractivity contribution is 6.00. The summed E-state index contributed by atoms with van der Waals surface area (Å²) in [6.07, 6.45) is 3.70. The Hall–Kier alpha value is -3.27. The summed E-state index contributed by atoms with van der Waals surface area (Å²) in [6.45, 7) is 3.06. The first-order valence-electron chi connectivity index (χ1n) is 12.5. The molecule has 0 saturated carbocycles. The fourth-order valence-corrected chi connectivity index (χ4v) is 5.31. The maximum Gasteiger partial charge on any atom is 0.276 e. The smallest absolute Gasteiger partial charge is 0.276 e. The molecule has 1 aromatic carbocycles. The standard InChI is InChI=1S/C26H29F2N3O5/c1-2-3-11-35-23-21-25(34)30-10-4-5-12-36-26(30)19-9-8-18(31(19)21)20(22(23)32)24(33)29-14-15-6-7-16(27)13-17(15)28/h6-7,13,19,26H,2-5,8-12,14H2,1H3,(H,29,33). The Morgan fingerprint density at radius 1 is 1.25 bits per heavy atom. The van der Waals surface area contributed by atoms with Gasteiger partial charge in [-0.1, -0.05) is 19.4 Å². The first-order chi connectivity index (χ1) is 17.4. The van der Waals surface area contributed by atoms with Gasteiger partial charge in [-0.05, 0) is 38.2 Å². The van der Waals surface area contributed by atoms with Gasteiger partial charge in [0.05, 0.1) is 12.6 Å². The van der Waals surface area contributed by atoms with Crippen molar-refractivity contribution >= 4 is 11.8 Å². The van der Waals surface area contributed by atoms with Crippen LogP contribution >= 0.6 is 0 Å². The predicted octanol–water partition coefficient (Wildman–Crippen LogP) is 3.32. The van der Waals surface area contributed by atoms with Gasteiger partial charge in [0.1, 0.15) is 17.2 Å². The Balaban J connectivity index is 1.56. The van der Waals surface area contributed by atoms with Gasteiger partial charge in [-0.2, -0.15) is 0 Å². The van der Waals surface area contributed by atoms with E-state index in [9.17, 15) is 23.2 Å². The SMILES string of the molecule is CCCCOc1c2n3c(c(C(=O)NCc4ccc(F)cc4F)c1=O)CCC3C1OCCCCN1C2=O. The van der Waals surface area contributed by atoms with Crippen LogP contribution in [0.2, 0.25) is 0 Å². The zero-order valence-electron chi connectivity index (χ0n) is 20.1. The molecule has 8 nitrogen and oxygen atoms in total. The van der Waals surface area contributed by atoms with Gasteiger partial charge < -0.3 is 24.3 Å². The summed E-state index contributed by atoms with van der Waals surface area (Å²) < 4.78 is 41.0. The van der Waals surface area contributed by atoms with E-state index < -0.39 is 29.2 Å². The molecule has 1 fully saturated rings. The van der Waals surface area contributed by atoms with Crippen molar-refractivity contribution in [2.45, 2.75) is 64.3 Å². The summed E-state index contributed by atoms with van der Waals surface area (Å²) in [4.78, 5) is 42.3. The van der Waals surface area contributed by atoms with Crippen molar-refractivity contribution in [3.8, 4) is 5.75 Å². The molecule has 5 rings (SSSR count). The largest absolute Gasteiger partial charge is 0.487 e. The lowest BCUT2D eigenvalue weighted by Crippen LogP contribution is -2.52. The summed E-state index contributed by atoms with van der Waals surface area (Å²) in [6, 6.07) is 2.85. The van der Waals surface area contributed by atoms with Gasteiger partial charge in [-0.3, -0.25) is 14.4 Å². The van der Waals surface area contributed by atoms with E-state index in [-0.39, 0.29) is 47.7 Å².